The summed E-state index contributed by atoms with van der Waals surface area (Å²) in [7, 11) is 1.95. The van der Waals surface area contributed by atoms with Gasteiger partial charge in [-0.3, -0.25) is 4.79 Å². The molecule has 0 aromatic heterocycles. The molecule has 1 aliphatic heterocycles. The highest BCUT2D eigenvalue weighted by molar-refractivity contribution is 5.91. The van der Waals surface area contributed by atoms with E-state index in [-0.39, 0.29) is 24.1 Å². The molecule has 0 saturated carbocycles. The highest BCUT2D eigenvalue weighted by Crippen LogP contribution is 2.16. The Kier molecular flexibility index (Phi) is 4.44. The van der Waals surface area contributed by atoms with E-state index in [2.05, 4.69) is 15.5 Å². The number of hydrogen-bond donors (Lipinski definition) is 2. The Labute approximate surface area is 110 Å². The summed E-state index contributed by atoms with van der Waals surface area (Å²) < 4.78 is 26.4. The van der Waals surface area contributed by atoms with Gasteiger partial charge in [0.15, 0.2) is 0 Å². The Morgan fingerprint density at radius 3 is 3.05 bits per heavy atom. The van der Waals surface area contributed by atoms with Crippen LogP contribution >= 0.6 is 0 Å². The first-order valence-corrected chi connectivity index (χ1v) is 6.22. The van der Waals surface area contributed by atoms with Gasteiger partial charge in [-0.1, -0.05) is 0 Å². The van der Waals surface area contributed by atoms with Crippen LogP contribution in [0.15, 0.2) is 18.2 Å². The normalized spacial score (nSPS) is 20.3. The van der Waals surface area contributed by atoms with E-state index in [0.29, 0.717) is 0 Å². The highest BCUT2D eigenvalue weighted by Gasteiger charge is 2.21. The van der Waals surface area contributed by atoms with Crippen molar-refractivity contribution in [2.24, 2.45) is 0 Å². The van der Waals surface area contributed by atoms with E-state index < -0.39 is 11.6 Å². The van der Waals surface area contributed by atoms with Gasteiger partial charge in [-0.05, 0) is 19.2 Å². The van der Waals surface area contributed by atoms with Crippen molar-refractivity contribution in [1.29, 1.82) is 0 Å². The first-order chi connectivity index (χ1) is 9.06. The number of piperazine rings is 1. The maximum atomic E-state index is 13.4. The van der Waals surface area contributed by atoms with Crippen molar-refractivity contribution in [1.82, 2.24) is 10.2 Å². The maximum Gasteiger partial charge on any atom is 0.226 e. The van der Waals surface area contributed by atoms with Crippen molar-refractivity contribution in [3.05, 3.63) is 29.8 Å². The fourth-order valence-electron chi connectivity index (χ4n) is 2.10. The van der Waals surface area contributed by atoms with Crippen molar-refractivity contribution in [3.63, 3.8) is 0 Å². The fourth-order valence-corrected chi connectivity index (χ4v) is 2.10. The van der Waals surface area contributed by atoms with Crippen LogP contribution in [0.3, 0.4) is 0 Å². The molecule has 4 nitrogen and oxygen atoms in total. The summed E-state index contributed by atoms with van der Waals surface area (Å²) in [5.41, 5.74) is -0.114. The molecule has 2 rings (SSSR count). The number of likely N-dealkylation sites (N-methyl/N-ethyl adjacent to an activating group) is 1. The average molecular weight is 269 g/mol. The van der Waals surface area contributed by atoms with E-state index in [4.69, 9.17) is 0 Å². The lowest BCUT2D eigenvalue weighted by atomic mass is 10.1. The van der Waals surface area contributed by atoms with Gasteiger partial charge in [-0.15, -0.1) is 0 Å². The summed E-state index contributed by atoms with van der Waals surface area (Å²) in [5.74, 6) is -1.52. The van der Waals surface area contributed by atoms with Gasteiger partial charge in [-0.2, -0.15) is 0 Å². The SMILES string of the molecule is CN1CCNCC1CC(=O)Nc1cc(F)ccc1F. The van der Waals surface area contributed by atoms with Gasteiger partial charge in [0.2, 0.25) is 5.91 Å². The molecule has 1 atom stereocenters. The number of hydrogen-bond acceptors (Lipinski definition) is 3. The predicted molar refractivity (Wildman–Crippen MR) is 68.9 cm³/mol. The van der Waals surface area contributed by atoms with Crippen LogP contribution in [-0.4, -0.2) is 43.5 Å². The van der Waals surface area contributed by atoms with E-state index in [1.807, 2.05) is 7.05 Å². The monoisotopic (exact) mass is 269 g/mol. The number of nitrogens with one attached hydrogen (secondary N) is 2. The molecule has 1 amide bonds. The topological polar surface area (TPSA) is 44.4 Å². The Morgan fingerprint density at radius 2 is 2.32 bits per heavy atom. The van der Waals surface area contributed by atoms with Gasteiger partial charge >= 0.3 is 0 Å². The third kappa shape index (κ3) is 3.71. The standard InChI is InChI=1S/C13H17F2N3O/c1-18-5-4-16-8-10(18)7-13(19)17-12-6-9(14)2-3-11(12)15/h2-3,6,10,16H,4-5,7-8H2,1H3,(H,17,19). The summed E-state index contributed by atoms with van der Waals surface area (Å²) in [6, 6.07) is 3.07. The smallest absolute Gasteiger partial charge is 0.226 e. The third-order valence-corrected chi connectivity index (χ3v) is 3.27. The molecule has 2 N–H and O–H groups in total. The second kappa shape index (κ2) is 6.08. The molecule has 1 saturated heterocycles. The van der Waals surface area contributed by atoms with Gasteiger partial charge in [0.05, 0.1) is 5.69 Å². The van der Waals surface area contributed by atoms with E-state index in [1.54, 1.807) is 0 Å². The minimum absolute atomic E-state index is 0.0744. The van der Waals surface area contributed by atoms with Crippen molar-refractivity contribution >= 4 is 11.6 Å². The van der Waals surface area contributed by atoms with Crippen LogP contribution in [-0.2, 0) is 4.79 Å². The second-order valence-electron chi connectivity index (χ2n) is 4.72. The first-order valence-electron chi connectivity index (χ1n) is 6.22. The molecule has 1 aromatic rings. The summed E-state index contributed by atoms with van der Waals surface area (Å²) in [6.45, 7) is 2.48. The zero-order valence-electron chi connectivity index (χ0n) is 10.7. The summed E-state index contributed by atoms with van der Waals surface area (Å²) in [5, 5.41) is 5.61. The lowest BCUT2D eigenvalue weighted by Crippen LogP contribution is -2.50. The molecule has 104 valence electrons. The quantitative estimate of drug-likeness (QED) is 0.866. The molecule has 6 heteroatoms. The van der Waals surface area contributed by atoms with Crippen LogP contribution in [0.5, 0.6) is 0 Å². The summed E-state index contributed by atoms with van der Waals surface area (Å²) in [4.78, 5) is 13.9. The summed E-state index contributed by atoms with van der Waals surface area (Å²) >= 11 is 0. The number of halogens is 2. The molecule has 1 unspecified atom stereocenters. The lowest BCUT2D eigenvalue weighted by molar-refractivity contribution is -0.117. The molecule has 1 aromatic carbocycles. The molecule has 0 aliphatic carbocycles. The van der Waals surface area contributed by atoms with Gasteiger partial charge in [0.25, 0.3) is 0 Å². The Balaban J connectivity index is 1.95. The van der Waals surface area contributed by atoms with Crippen molar-refractivity contribution in [2.45, 2.75) is 12.5 Å². The molecule has 19 heavy (non-hydrogen) atoms. The lowest BCUT2D eigenvalue weighted by Gasteiger charge is -2.32. The molecular weight excluding hydrogens is 252 g/mol. The summed E-state index contributed by atoms with van der Waals surface area (Å²) in [6.07, 6.45) is 0.249. The van der Waals surface area contributed by atoms with Crippen LogP contribution in [0.1, 0.15) is 6.42 Å². The van der Waals surface area contributed by atoms with Gasteiger partial charge in [0, 0.05) is 38.2 Å². The predicted octanol–water partition coefficient (Wildman–Crippen LogP) is 1.20. The maximum absolute atomic E-state index is 13.4. The van der Waals surface area contributed by atoms with Crippen LogP contribution in [0, 0.1) is 11.6 Å². The number of rotatable bonds is 3. The second-order valence-corrected chi connectivity index (χ2v) is 4.72. The largest absolute Gasteiger partial charge is 0.323 e. The molecule has 0 radical (unpaired) electrons. The number of benzene rings is 1. The molecule has 0 spiro atoms. The number of carbonyl (C=O) groups excluding carboxylic acids is 1. The van der Waals surface area contributed by atoms with E-state index in [0.717, 1.165) is 37.8 Å². The molecule has 1 aliphatic rings. The number of carbonyl (C=O) groups is 1. The molecular formula is C13H17F2N3O. The van der Waals surface area contributed by atoms with Crippen LogP contribution in [0.25, 0.3) is 0 Å². The Hall–Kier alpha value is -1.53. The zero-order valence-corrected chi connectivity index (χ0v) is 10.7. The van der Waals surface area contributed by atoms with E-state index in [9.17, 15) is 13.6 Å². The molecule has 1 heterocycles. The highest BCUT2D eigenvalue weighted by atomic mass is 19.1. The Morgan fingerprint density at radius 1 is 1.53 bits per heavy atom. The van der Waals surface area contributed by atoms with Crippen LogP contribution in [0.2, 0.25) is 0 Å². The fraction of sp³-hybridized carbons (Fsp3) is 0.462. The number of nitrogens with zero attached hydrogens (tertiary/aromatic N) is 1. The van der Waals surface area contributed by atoms with E-state index in [1.165, 1.54) is 0 Å². The van der Waals surface area contributed by atoms with Crippen LogP contribution in [0.4, 0.5) is 14.5 Å². The number of amides is 1. The Bertz CT molecular complexity index is 467. The zero-order chi connectivity index (χ0) is 13.8. The van der Waals surface area contributed by atoms with Gasteiger partial charge < -0.3 is 15.5 Å². The van der Waals surface area contributed by atoms with E-state index >= 15 is 0 Å². The minimum Gasteiger partial charge on any atom is -0.323 e. The minimum atomic E-state index is -0.634. The van der Waals surface area contributed by atoms with Gasteiger partial charge in [0.1, 0.15) is 11.6 Å². The first kappa shape index (κ1) is 13.9. The van der Waals surface area contributed by atoms with Gasteiger partial charge in [-0.25, -0.2) is 8.78 Å². The number of anilines is 1. The average Bonchev–Trinajstić information content (AvgIpc) is 2.37. The van der Waals surface area contributed by atoms with Crippen molar-refractivity contribution in [3.8, 4) is 0 Å². The third-order valence-electron chi connectivity index (χ3n) is 3.27. The molecule has 1 fully saturated rings. The van der Waals surface area contributed by atoms with Crippen molar-refractivity contribution in [2.75, 3.05) is 32.0 Å². The van der Waals surface area contributed by atoms with Crippen LogP contribution < -0.4 is 10.6 Å². The van der Waals surface area contributed by atoms with Crippen molar-refractivity contribution < 1.29 is 13.6 Å². The molecule has 0 bridgehead atoms.